The molecule has 0 bridgehead atoms. The zero-order chi connectivity index (χ0) is 22.9. The summed E-state index contributed by atoms with van der Waals surface area (Å²) in [5.74, 6) is -0.0621. The van der Waals surface area contributed by atoms with Gasteiger partial charge in [-0.05, 0) is 19.2 Å². The van der Waals surface area contributed by atoms with Gasteiger partial charge < -0.3 is 19.4 Å². The number of carbonyl (C=O) groups excluding carboxylic acids is 2. The fourth-order valence-electron chi connectivity index (χ4n) is 4.44. The number of piperazine rings is 1. The zero-order valence-corrected chi connectivity index (χ0v) is 19.0. The van der Waals surface area contributed by atoms with Gasteiger partial charge in [0.1, 0.15) is 6.10 Å². The number of morpholine rings is 1. The molecule has 172 valence electrons. The van der Waals surface area contributed by atoms with Gasteiger partial charge in [0.15, 0.2) is 0 Å². The van der Waals surface area contributed by atoms with Gasteiger partial charge in [0.2, 0.25) is 0 Å². The third-order valence-electron chi connectivity index (χ3n) is 6.39. The molecule has 9 nitrogen and oxygen atoms in total. The van der Waals surface area contributed by atoms with Crippen molar-refractivity contribution in [1.29, 1.82) is 0 Å². The number of rotatable bonds is 3. The lowest BCUT2D eigenvalue weighted by molar-refractivity contribution is -0.0246. The van der Waals surface area contributed by atoms with Gasteiger partial charge in [-0.25, -0.2) is 4.98 Å². The van der Waals surface area contributed by atoms with Crippen LogP contribution in [0.15, 0.2) is 42.7 Å². The van der Waals surface area contributed by atoms with Crippen LogP contribution >= 0.6 is 0 Å². The molecular formula is C24H28N6O3. The Kier molecular flexibility index (Phi) is 5.82. The summed E-state index contributed by atoms with van der Waals surface area (Å²) in [6.45, 7) is 4.42. The molecule has 5 rings (SSSR count). The van der Waals surface area contributed by atoms with Crippen LogP contribution in [0.5, 0.6) is 0 Å². The highest BCUT2D eigenvalue weighted by molar-refractivity contribution is 6.06. The number of nitrogens with zero attached hydrogens (tertiary/aromatic N) is 6. The number of aromatic nitrogens is 3. The summed E-state index contributed by atoms with van der Waals surface area (Å²) in [5, 5.41) is 4.94. The predicted octanol–water partition coefficient (Wildman–Crippen LogP) is 1.57. The van der Waals surface area contributed by atoms with E-state index in [0.29, 0.717) is 49.6 Å². The van der Waals surface area contributed by atoms with Gasteiger partial charge in [0.25, 0.3) is 11.8 Å². The van der Waals surface area contributed by atoms with Crippen molar-refractivity contribution < 1.29 is 14.3 Å². The Morgan fingerprint density at radius 2 is 1.79 bits per heavy atom. The first-order chi connectivity index (χ1) is 16.0. The molecule has 0 radical (unpaired) electrons. The highest BCUT2D eigenvalue weighted by Gasteiger charge is 2.30. The minimum atomic E-state index is -0.400. The SMILES string of the molecule is CN1CCN(C(=O)c2cc(C3CN(C(=O)c4cnn(C)c4)CCO3)nc3ccccc23)CC1. The summed E-state index contributed by atoms with van der Waals surface area (Å²) in [6.07, 6.45) is 2.89. The summed E-state index contributed by atoms with van der Waals surface area (Å²) in [5.41, 5.74) is 2.62. The Morgan fingerprint density at radius 3 is 2.55 bits per heavy atom. The molecule has 1 unspecified atom stereocenters. The third kappa shape index (κ3) is 4.34. The second-order valence-corrected chi connectivity index (χ2v) is 8.72. The third-order valence-corrected chi connectivity index (χ3v) is 6.39. The van der Waals surface area contributed by atoms with Crippen molar-refractivity contribution in [3.8, 4) is 0 Å². The lowest BCUT2D eigenvalue weighted by Gasteiger charge is -2.34. The van der Waals surface area contributed by atoms with E-state index in [1.807, 2.05) is 35.2 Å². The van der Waals surface area contributed by atoms with Gasteiger partial charge in [-0.3, -0.25) is 14.3 Å². The van der Waals surface area contributed by atoms with Crippen molar-refractivity contribution in [1.82, 2.24) is 29.5 Å². The zero-order valence-electron chi connectivity index (χ0n) is 19.0. The Hall–Kier alpha value is -3.30. The van der Waals surface area contributed by atoms with Crippen LogP contribution in [0.3, 0.4) is 0 Å². The lowest BCUT2D eigenvalue weighted by atomic mass is 10.0. The number of carbonyl (C=O) groups is 2. The average Bonchev–Trinajstić information content (AvgIpc) is 3.29. The van der Waals surface area contributed by atoms with Crippen molar-refractivity contribution in [2.45, 2.75) is 6.10 Å². The van der Waals surface area contributed by atoms with E-state index in [1.165, 1.54) is 0 Å². The van der Waals surface area contributed by atoms with Crippen LogP contribution in [-0.2, 0) is 11.8 Å². The molecule has 2 fully saturated rings. The van der Waals surface area contributed by atoms with Crippen LogP contribution in [0, 0.1) is 0 Å². The minimum absolute atomic E-state index is 0.0158. The van der Waals surface area contributed by atoms with E-state index in [4.69, 9.17) is 9.72 Å². The molecule has 2 saturated heterocycles. The Bertz CT molecular complexity index is 1180. The highest BCUT2D eigenvalue weighted by Crippen LogP contribution is 2.27. The van der Waals surface area contributed by atoms with Crippen molar-refractivity contribution in [2.75, 3.05) is 52.9 Å². The molecule has 2 aromatic heterocycles. The second-order valence-electron chi connectivity index (χ2n) is 8.72. The van der Waals surface area contributed by atoms with E-state index in [9.17, 15) is 9.59 Å². The number of aryl methyl sites for hydroxylation is 1. The normalized spacial score (nSPS) is 19.8. The molecule has 1 aromatic carbocycles. The largest absolute Gasteiger partial charge is 0.368 e. The summed E-state index contributed by atoms with van der Waals surface area (Å²) < 4.78 is 7.64. The second kappa shape index (κ2) is 8.92. The number of hydrogen-bond acceptors (Lipinski definition) is 6. The predicted molar refractivity (Wildman–Crippen MR) is 123 cm³/mol. The Labute approximate surface area is 192 Å². The van der Waals surface area contributed by atoms with Crippen LogP contribution in [0.25, 0.3) is 10.9 Å². The molecule has 1 atom stereocenters. The molecule has 3 aromatic rings. The van der Waals surface area contributed by atoms with Gasteiger partial charge in [0.05, 0.1) is 41.7 Å². The molecule has 0 aliphatic carbocycles. The molecule has 4 heterocycles. The highest BCUT2D eigenvalue weighted by atomic mass is 16.5. The van der Waals surface area contributed by atoms with Crippen molar-refractivity contribution in [3.63, 3.8) is 0 Å². The maximum atomic E-state index is 13.5. The van der Waals surface area contributed by atoms with Crippen LogP contribution in [0.1, 0.15) is 32.5 Å². The van der Waals surface area contributed by atoms with E-state index in [2.05, 4.69) is 17.0 Å². The van der Waals surface area contributed by atoms with Gasteiger partial charge in [0, 0.05) is 51.4 Å². The average molecular weight is 449 g/mol. The molecule has 0 saturated carbocycles. The van der Waals surface area contributed by atoms with E-state index >= 15 is 0 Å². The molecule has 2 amide bonds. The lowest BCUT2D eigenvalue weighted by Crippen LogP contribution is -2.47. The summed E-state index contributed by atoms with van der Waals surface area (Å²) in [7, 11) is 3.86. The standard InChI is InChI=1S/C24H28N6O3/c1-27-7-9-29(10-8-27)24(32)19-13-21(26-20-6-4-3-5-18(19)20)22-16-30(11-12-33-22)23(31)17-14-25-28(2)15-17/h3-6,13-15,22H,7-12,16H2,1-2H3. The monoisotopic (exact) mass is 448 g/mol. The van der Waals surface area contributed by atoms with Crippen LogP contribution in [0.4, 0.5) is 0 Å². The summed E-state index contributed by atoms with van der Waals surface area (Å²) in [4.78, 5) is 37.1. The van der Waals surface area contributed by atoms with E-state index in [-0.39, 0.29) is 11.8 Å². The van der Waals surface area contributed by atoms with Crippen molar-refractivity contribution in [3.05, 3.63) is 59.5 Å². The smallest absolute Gasteiger partial charge is 0.257 e. The van der Waals surface area contributed by atoms with Crippen LogP contribution in [-0.4, -0.2) is 94.2 Å². The molecule has 33 heavy (non-hydrogen) atoms. The van der Waals surface area contributed by atoms with Crippen molar-refractivity contribution in [2.24, 2.45) is 7.05 Å². The molecule has 0 spiro atoms. The number of benzene rings is 1. The van der Waals surface area contributed by atoms with E-state index in [1.54, 1.807) is 29.0 Å². The van der Waals surface area contributed by atoms with Crippen LogP contribution in [0.2, 0.25) is 0 Å². The number of fused-ring (bicyclic) bond motifs is 1. The summed E-state index contributed by atoms with van der Waals surface area (Å²) in [6, 6.07) is 9.56. The van der Waals surface area contributed by atoms with E-state index in [0.717, 1.165) is 24.0 Å². The molecule has 9 heteroatoms. The minimum Gasteiger partial charge on any atom is -0.368 e. The quantitative estimate of drug-likeness (QED) is 0.605. The molecular weight excluding hydrogens is 420 g/mol. The number of ether oxygens (including phenoxy) is 1. The summed E-state index contributed by atoms with van der Waals surface area (Å²) >= 11 is 0. The molecule has 2 aliphatic heterocycles. The van der Waals surface area contributed by atoms with Crippen molar-refractivity contribution >= 4 is 22.7 Å². The molecule has 0 N–H and O–H groups in total. The Morgan fingerprint density at radius 1 is 1.00 bits per heavy atom. The van der Waals surface area contributed by atoms with Gasteiger partial charge in [-0.1, -0.05) is 18.2 Å². The van der Waals surface area contributed by atoms with Gasteiger partial charge >= 0.3 is 0 Å². The maximum Gasteiger partial charge on any atom is 0.257 e. The number of pyridine rings is 1. The first-order valence-electron chi connectivity index (χ1n) is 11.3. The number of likely N-dealkylation sites (N-methyl/N-ethyl adjacent to an activating group) is 1. The van der Waals surface area contributed by atoms with Gasteiger partial charge in [-0.2, -0.15) is 5.10 Å². The number of amides is 2. The first-order valence-corrected chi connectivity index (χ1v) is 11.3. The van der Waals surface area contributed by atoms with E-state index < -0.39 is 6.10 Å². The van der Waals surface area contributed by atoms with Crippen LogP contribution < -0.4 is 0 Å². The topological polar surface area (TPSA) is 83.8 Å². The molecule has 2 aliphatic rings. The van der Waals surface area contributed by atoms with Gasteiger partial charge in [-0.15, -0.1) is 0 Å². The fourth-order valence-corrected chi connectivity index (χ4v) is 4.44. The first kappa shape index (κ1) is 21.5. The fraction of sp³-hybridized carbons (Fsp3) is 0.417. The number of hydrogen-bond donors (Lipinski definition) is 0. The number of para-hydroxylation sites is 1. The Balaban J connectivity index is 1.44. The maximum absolute atomic E-state index is 13.5.